The van der Waals surface area contributed by atoms with Crippen molar-refractivity contribution in [3.05, 3.63) is 30.6 Å². The highest BCUT2D eigenvalue weighted by Crippen LogP contribution is 2.19. The van der Waals surface area contributed by atoms with Crippen molar-refractivity contribution in [1.82, 2.24) is 15.2 Å². The standard InChI is InChI=1S/C13H14N4O/c18-11-4-7-17(8-5-11)13-2-1-12(15-16-13)10-3-6-14-9-10/h1-3,6,9,14H,4-5,7-8H2. The van der Waals surface area contributed by atoms with Crippen LogP contribution in [0.25, 0.3) is 11.3 Å². The van der Waals surface area contributed by atoms with E-state index in [0.29, 0.717) is 18.6 Å². The lowest BCUT2D eigenvalue weighted by Gasteiger charge is -2.26. The topological polar surface area (TPSA) is 61.9 Å². The average Bonchev–Trinajstić information content (AvgIpc) is 2.94. The SMILES string of the molecule is O=C1CCN(c2ccc(-c3cc[nH]c3)nn2)CC1. The van der Waals surface area contributed by atoms with Crippen molar-refractivity contribution < 1.29 is 4.79 Å². The van der Waals surface area contributed by atoms with E-state index in [1.165, 1.54) is 0 Å². The van der Waals surface area contributed by atoms with Gasteiger partial charge in [-0.05, 0) is 18.2 Å². The third kappa shape index (κ3) is 2.11. The van der Waals surface area contributed by atoms with Gasteiger partial charge in [-0.1, -0.05) is 0 Å². The van der Waals surface area contributed by atoms with Crippen LogP contribution in [0.4, 0.5) is 5.82 Å². The van der Waals surface area contributed by atoms with E-state index in [1.807, 2.05) is 30.6 Å². The van der Waals surface area contributed by atoms with Gasteiger partial charge in [-0.15, -0.1) is 10.2 Å². The first-order chi connectivity index (χ1) is 8.83. The molecule has 1 saturated heterocycles. The van der Waals surface area contributed by atoms with Gasteiger partial charge in [0.05, 0.1) is 5.69 Å². The molecule has 0 aromatic carbocycles. The van der Waals surface area contributed by atoms with Crippen LogP contribution in [-0.4, -0.2) is 34.1 Å². The van der Waals surface area contributed by atoms with Crippen LogP contribution >= 0.6 is 0 Å². The van der Waals surface area contributed by atoms with E-state index < -0.39 is 0 Å². The molecule has 1 N–H and O–H groups in total. The Morgan fingerprint density at radius 2 is 1.94 bits per heavy atom. The predicted molar refractivity (Wildman–Crippen MR) is 68.3 cm³/mol. The Bertz CT molecular complexity index is 523. The van der Waals surface area contributed by atoms with Crippen molar-refractivity contribution in [3.63, 3.8) is 0 Å². The smallest absolute Gasteiger partial charge is 0.151 e. The summed E-state index contributed by atoms with van der Waals surface area (Å²) in [7, 11) is 0. The van der Waals surface area contributed by atoms with Crippen molar-refractivity contribution in [2.24, 2.45) is 0 Å². The van der Waals surface area contributed by atoms with Gasteiger partial charge in [0, 0.05) is 43.9 Å². The number of aromatic amines is 1. The summed E-state index contributed by atoms with van der Waals surface area (Å²) in [4.78, 5) is 16.3. The van der Waals surface area contributed by atoms with Gasteiger partial charge < -0.3 is 9.88 Å². The molecule has 2 aromatic heterocycles. The fraction of sp³-hybridized carbons (Fsp3) is 0.308. The van der Waals surface area contributed by atoms with Crippen molar-refractivity contribution in [2.45, 2.75) is 12.8 Å². The summed E-state index contributed by atoms with van der Waals surface area (Å²) >= 11 is 0. The number of nitrogens with zero attached hydrogens (tertiary/aromatic N) is 3. The maximum atomic E-state index is 11.2. The summed E-state index contributed by atoms with van der Waals surface area (Å²) < 4.78 is 0. The second-order valence-electron chi connectivity index (χ2n) is 4.40. The molecule has 1 fully saturated rings. The highest BCUT2D eigenvalue weighted by atomic mass is 16.1. The Kier molecular flexibility index (Phi) is 2.80. The first-order valence-electron chi connectivity index (χ1n) is 6.06. The van der Waals surface area contributed by atoms with E-state index in [1.54, 1.807) is 0 Å². The highest BCUT2D eigenvalue weighted by Gasteiger charge is 2.17. The summed E-state index contributed by atoms with van der Waals surface area (Å²) in [6, 6.07) is 5.89. The average molecular weight is 242 g/mol. The first kappa shape index (κ1) is 11.0. The maximum Gasteiger partial charge on any atom is 0.151 e. The van der Waals surface area contributed by atoms with Gasteiger partial charge in [0.25, 0.3) is 0 Å². The maximum absolute atomic E-state index is 11.2. The molecule has 1 aliphatic heterocycles. The third-order valence-corrected chi connectivity index (χ3v) is 3.19. The molecule has 0 atom stereocenters. The van der Waals surface area contributed by atoms with Crippen LogP contribution in [0.2, 0.25) is 0 Å². The van der Waals surface area contributed by atoms with Crippen LogP contribution in [0.15, 0.2) is 30.6 Å². The third-order valence-electron chi connectivity index (χ3n) is 3.19. The molecule has 0 aliphatic carbocycles. The molecule has 0 unspecified atom stereocenters. The zero-order valence-electron chi connectivity index (χ0n) is 9.97. The minimum absolute atomic E-state index is 0.336. The number of hydrogen-bond acceptors (Lipinski definition) is 4. The lowest BCUT2D eigenvalue weighted by molar-refractivity contribution is -0.119. The van der Waals surface area contributed by atoms with Gasteiger partial charge in [-0.3, -0.25) is 4.79 Å². The normalized spacial score (nSPS) is 16.0. The summed E-state index contributed by atoms with van der Waals surface area (Å²) in [5, 5.41) is 8.45. The van der Waals surface area contributed by atoms with E-state index in [2.05, 4.69) is 20.1 Å². The van der Waals surface area contributed by atoms with Gasteiger partial charge in [-0.25, -0.2) is 0 Å². The Morgan fingerprint density at radius 3 is 2.56 bits per heavy atom. The minimum Gasteiger partial charge on any atom is -0.367 e. The molecule has 0 amide bonds. The molecule has 0 spiro atoms. The quantitative estimate of drug-likeness (QED) is 0.869. The second-order valence-corrected chi connectivity index (χ2v) is 4.40. The number of rotatable bonds is 2. The Labute approximate surface area is 105 Å². The Balaban J connectivity index is 1.77. The van der Waals surface area contributed by atoms with Gasteiger partial charge in [0.2, 0.25) is 0 Å². The fourth-order valence-corrected chi connectivity index (χ4v) is 2.12. The molecule has 5 nitrogen and oxygen atoms in total. The summed E-state index contributed by atoms with van der Waals surface area (Å²) in [5.41, 5.74) is 1.89. The van der Waals surface area contributed by atoms with Crippen molar-refractivity contribution >= 4 is 11.6 Å². The number of carbonyl (C=O) groups is 1. The summed E-state index contributed by atoms with van der Waals surface area (Å²) in [5.74, 6) is 1.19. The van der Waals surface area contributed by atoms with Crippen LogP contribution in [0, 0.1) is 0 Å². The molecule has 0 bridgehead atoms. The number of aromatic nitrogens is 3. The molecule has 5 heteroatoms. The molecular formula is C13H14N4O. The first-order valence-corrected chi connectivity index (χ1v) is 6.06. The van der Waals surface area contributed by atoms with Gasteiger partial charge >= 0.3 is 0 Å². The van der Waals surface area contributed by atoms with Crippen LogP contribution in [-0.2, 0) is 4.79 Å². The van der Waals surface area contributed by atoms with E-state index in [0.717, 1.165) is 30.2 Å². The Hall–Kier alpha value is -2.17. The molecule has 2 aromatic rings. The number of H-pyrrole nitrogens is 1. The van der Waals surface area contributed by atoms with Crippen molar-refractivity contribution in [3.8, 4) is 11.3 Å². The molecular weight excluding hydrogens is 228 g/mol. The number of hydrogen-bond donors (Lipinski definition) is 1. The summed E-state index contributed by atoms with van der Waals surface area (Å²) in [6.45, 7) is 1.49. The molecule has 92 valence electrons. The number of carbonyl (C=O) groups excluding carboxylic acids is 1. The van der Waals surface area contributed by atoms with Crippen LogP contribution in [0.3, 0.4) is 0 Å². The number of piperidine rings is 1. The van der Waals surface area contributed by atoms with E-state index in [4.69, 9.17) is 0 Å². The Morgan fingerprint density at radius 1 is 1.11 bits per heavy atom. The van der Waals surface area contributed by atoms with Gasteiger partial charge in [-0.2, -0.15) is 0 Å². The van der Waals surface area contributed by atoms with Gasteiger partial charge in [0.15, 0.2) is 5.82 Å². The van der Waals surface area contributed by atoms with E-state index in [-0.39, 0.29) is 0 Å². The zero-order valence-corrected chi connectivity index (χ0v) is 9.97. The lowest BCUT2D eigenvalue weighted by Crippen LogP contribution is -2.34. The van der Waals surface area contributed by atoms with Crippen LogP contribution in [0.1, 0.15) is 12.8 Å². The van der Waals surface area contributed by atoms with Crippen molar-refractivity contribution in [2.75, 3.05) is 18.0 Å². The molecule has 3 heterocycles. The molecule has 0 saturated carbocycles. The van der Waals surface area contributed by atoms with E-state index >= 15 is 0 Å². The summed E-state index contributed by atoms with van der Waals surface area (Å²) in [6.07, 6.45) is 4.98. The minimum atomic E-state index is 0.336. The number of nitrogens with one attached hydrogen (secondary N) is 1. The number of anilines is 1. The largest absolute Gasteiger partial charge is 0.367 e. The molecule has 0 radical (unpaired) electrons. The highest BCUT2D eigenvalue weighted by molar-refractivity contribution is 5.80. The van der Waals surface area contributed by atoms with Crippen LogP contribution < -0.4 is 4.90 Å². The predicted octanol–water partition coefficient (Wildman–Crippen LogP) is 1.64. The number of ketones is 1. The van der Waals surface area contributed by atoms with Crippen LogP contribution in [0.5, 0.6) is 0 Å². The molecule has 1 aliphatic rings. The van der Waals surface area contributed by atoms with Crippen molar-refractivity contribution in [1.29, 1.82) is 0 Å². The zero-order chi connectivity index (χ0) is 12.4. The lowest BCUT2D eigenvalue weighted by atomic mass is 10.1. The fourth-order valence-electron chi connectivity index (χ4n) is 2.12. The molecule has 3 rings (SSSR count). The molecule has 18 heavy (non-hydrogen) atoms. The number of Topliss-reactive ketones (excluding diaryl/α,β-unsaturated/α-hetero) is 1. The second kappa shape index (κ2) is 4.60. The van der Waals surface area contributed by atoms with Gasteiger partial charge in [0.1, 0.15) is 5.78 Å². The van der Waals surface area contributed by atoms with E-state index in [9.17, 15) is 4.79 Å². The monoisotopic (exact) mass is 242 g/mol.